The van der Waals surface area contributed by atoms with Crippen molar-refractivity contribution in [1.29, 1.82) is 0 Å². The fourth-order valence-electron chi connectivity index (χ4n) is 2.00. The van der Waals surface area contributed by atoms with Crippen molar-refractivity contribution in [2.75, 3.05) is 17.2 Å². The first-order valence-electron chi connectivity index (χ1n) is 6.79. The lowest BCUT2D eigenvalue weighted by atomic mass is 10.1. The molecule has 2 N–H and O–H groups in total. The predicted octanol–water partition coefficient (Wildman–Crippen LogP) is 4.15. The number of benzene rings is 1. The maximum absolute atomic E-state index is 12.5. The number of amides is 1. The van der Waals surface area contributed by atoms with E-state index in [1.807, 2.05) is 45.0 Å². The Labute approximate surface area is 133 Å². The van der Waals surface area contributed by atoms with Gasteiger partial charge >= 0.3 is 0 Å². The molecule has 2 aromatic rings. The second-order valence-electron chi connectivity index (χ2n) is 4.81. The first-order chi connectivity index (χ1) is 10.0. The molecule has 0 aliphatic carbocycles. The second-order valence-corrected chi connectivity index (χ2v) is 5.73. The van der Waals surface area contributed by atoms with E-state index < -0.39 is 0 Å². The van der Waals surface area contributed by atoms with E-state index >= 15 is 0 Å². The average molecular weight is 348 g/mol. The van der Waals surface area contributed by atoms with Crippen LogP contribution < -0.4 is 10.6 Å². The molecule has 1 heterocycles. The summed E-state index contributed by atoms with van der Waals surface area (Å²) in [6.07, 6.45) is 1.61. The molecule has 0 spiro atoms. The molecule has 110 valence electrons. The molecule has 5 heteroatoms. The first kappa shape index (κ1) is 15.5. The number of carbonyl (C=O) groups excluding carboxylic acids is 1. The number of nitrogens with one attached hydrogen (secondary N) is 2. The highest BCUT2D eigenvalue weighted by Crippen LogP contribution is 2.23. The predicted molar refractivity (Wildman–Crippen MR) is 90.0 cm³/mol. The van der Waals surface area contributed by atoms with E-state index in [4.69, 9.17) is 0 Å². The number of halogens is 1. The topological polar surface area (TPSA) is 54.0 Å². The lowest BCUT2D eigenvalue weighted by Crippen LogP contribution is -2.16. The van der Waals surface area contributed by atoms with Gasteiger partial charge in [-0.25, -0.2) is 0 Å². The molecule has 1 aromatic heterocycles. The van der Waals surface area contributed by atoms with Crippen LogP contribution in [-0.4, -0.2) is 17.4 Å². The lowest BCUT2D eigenvalue weighted by molar-refractivity contribution is 0.102. The fourth-order valence-corrected chi connectivity index (χ4v) is 2.36. The Morgan fingerprint density at radius 1 is 1.24 bits per heavy atom. The van der Waals surface area contributed by atoms with Crippen LogP contribution in [-0.2, 0) is 0 Å². The molecular weight excluding hydrogens is 330 g/mol. The summed E-state index contributed by atoms with van der Waals surface area (Å²) in [5.74, 6) is -0.167. The van der Waals surface area contributed by atoms with E-state index in [0.717, 1.165) is 33.6 Å². The number of hydrogen-bond donors (Lipinski definition) is 2. The molecule has 0 atom stereocenters. The fraction of sp³-hybridized carbons (Fsp3) is 0.250. The van der Waals surface area contributed by atoms with Crippen LogP contribution >= 0.6 is 15.9 Å². The molecule has 0 aliphatic rings. The maximum atomic E-state index is 12.5. The summed E-state index contributed by atoms with van der Waals surface area (Å²) >= 11 is 3.42. The monoisotopic (exact) mass is 347 g/mol. The molecule has 0 aliphatic heterocycles. The van der Waals surface area contributed by atoms with Crippen molar-refractivity contribution < 1.29 is 4.79 Å². The third-order valence-electron chi connectivity index (χ3n) is 3.10. The first-order valence-corrected chi connectivity index (χ1v) is 7.58. The number of anilines is 2. The largest absolute Gasteiger partial charge is 0.385 e. The second kappa shape index (κ2) is 6.72. The molecule has 2 rings (SSSR count). The Hall–Kier alpha value is -1.88. The van der Waals surface area contributed by atoms with Gasteiger partial charge in [0.25, 0.3) is 5.91 Å². The minimum atomic E-state index is -0.167. The van der Waals surface area contributed by atoms with Crippen molar-refractivity contribution in [3.63, 3.8) is 0 Å². The number of pyridine rings is 1. The van der Waals surface area contributed by atoms with E-state index in [1.54, 1.807) is 6.20 Å². The molecule has 21 heavy (non-hydrogen) atoms. The average Bonchev–Trinajstić information content (AvgIpc) is 2.43. The Balaban J connectivity index is 2.30. The molecule has 1 amide bonds. The molecule has 0 fully saturated rings. The Morgan fingerprint density at radius 3 is 2.71 bits per heavy atom. The van der Waals surface area contributed by atoms with Gasteiger partial charge in [-0.05, 0) is 44.5 Å². The standard InChI is InChI=1S/C16H18BrN3O/c1-4-18-15-7-11(3)19-9-13(15)16(21)20-14-8-12(17)6-5-10(14)2/h5-9H,4H2,1-3H3,(H,18,19)(H,20,21). The van der Waals surface area contributed by atoms with Gasteiger partial charge in [0, 0.05) is 28.6 Å². The van der Waals surface area contributed by atoms with Crippen molar-refractivity contribution in [3.8, 4) is 0 Å². The molecule has 0 saturated carbocycles. The highest BCUT2D eigenvalue weighted by atomic mass is 79.9. The Kier molecular flexibility index (Phi) is 4.96. The number of aromatic nitrogens is 1. The normalized spacial score (nSPS) is 10.3. The van der Waals surface area contributed by atoms with E-state index in [-0.39, 0.29) is 5.91 Å². The SMILES string of the molecule is CCNc1cc(C)ncc1C(=O)Nc1cc(Br)ccc1C. The van der Waals surface area contributed by atoms with Gasteiger partial charge in [-0.1, -0.05) is 22.0 Å². The van der Waals surface area contributed by atoms with Crippen LogP contribution in [0.1, 0.15) is 28.5 Å². The zero-order chi connectivity index (χ0) is 15.4. The minimum absolute atomic E-state index is 0.167. The molecule has 1 aromatic carbocycles. The van der Waals surface area contributed by atoms with Gasteiger partial charge in [-0.15, -0.1) is 0 Å². The van der Waals surface area contributed by atoms with Gasteiger partial charge in [0.05, 0.1) is 11.3 Å². The van der Waals surface area contributed by atoms with Gasteiger partial charge in [-0.2, -0.15) is 0 Å². The molecule has 4 nitrogen and oxygen atoms in total. The number of nitrogens with zero attached hydrogens (tertiary/aromatic N) is 1. The van der Waals surface area contributed by atoms with Gasteiger partial charge < -0.3 is 10.6 Å². The van der Waals surface area contributed by atoms with Crippen LogP contribution in [0, 0.1) is 13.8 Å². The smallest absolute Gasteiger partial charge is 0.259 e. The van der Waals surface area contributed by atoms with Crippen molar-refractivity contribution in [2.24, 2.45) is 0 Å². The van der Waals surface area contributed by atoms with Crippen molar-refractivity contribution in [3.05, 3.63) is 51.8 Å². The van der Waals surface area contributed by atoms with Crippen LogP contribution in [0.2, 0.25) is 0 Å². The molecule has 0 saturated heterocycles. The highest BCUT2D eigenvalue weighted by molar-refractivity contribution is 9.10. The number of carbonyl (C=O) groups is 1. The molecule has 0 unspecified atom stereocenters. The van der Waals surface area contributed by atoms with E-state index in [2.05, 4.69) is 31.5 Å². The van der Waals surface area contributed by atoms with Crippen LogP contribution in [0.15, 0.2) is 34.9 Å². The molecule has 0 bridgehead atoms. The summed E-state index contributed by atoms with van der Waals surface area (Å²) in [4.78, 5) is 16.7. The summed E-state index contributed by atoms with van der Waals surface area (Å²) in [5.41, 5.74) is 4.02. The maximum Gasteiger partial charge on any atom is 0.259 e. The highest BCUT2D eigenvalue weighted by Gasteiger charge is 2.13. The van der Waals surface area contributed by atoms with E-state index in [0.29, 0.717) is 5.56 Å². The third kappa shape index (κ3) is 3.82. The number of hydrogen-bond acceptors (Lipinski definition) is 3. The van der Waals surface area contributed by atoms with Crippen molar-refractivity contribution >= 4 is 33.2 Å². The van der Waals surface area contributed by atoms with Crippen molar-refractivity contribution in [2.45, 2.75) is 20.8 Å². The van der Waals surface area contributed by atoms with Crippen molar-refractivity contribution in [1.82, 2.24) is 4.98 Å². The van der Waals surface area contributed by atoms with Gasteiger partial charge in [0.15, 0.2) is 0 Å². The zero-order valence-corrected chi connectivity index (χ0v) is 13.9. The number of aryl methyl sites for hydroxylation is 2. The summed E-state index contributed by atoms with van der Waals surface area (Å²) < 4.78 is 0.928. The van der Waals surface area contributed by atoms with Gasteiger partial charge in [0.1, 0.15) is 0 Å². The number of rotatable bonds is 4. The van der Waals surface area contributed by atoms with Gasteiger partial charge in [-0.3, -0.25) is 9.78 Å². The molecular formula is C16H18BrN3O. The summed E-state index contributed by atoms with van der Waals surface area (Å²) in [6.45, 7) is 6.61. The summed E-state index contributed by atoms with van der Waals surface area (Å²) in [7, 11) is 0. The van der Waals surface area contributed by atoms with Crippen LogP contribution in [0.5, 0.6) is 0 Å². The Bertz CT molecular complexity index is 671. The third-order valence-corrected chi connectivity index (χ3v) is 3.59. The quantitative estimate of drug-likeness (QED) is 0.873. The zero-order valence-electron chi connectivity index (χ0n) is 12.3. The van der Waals surface area contributed by atoms with Gasteiger partial charge in [0.2, 0.25) is 0 Å². The van der Waals surface area contributed by atoms with E-state index in [1.165, 1.54) is 0 Å². The summed E-state index contributed by atoms with van der Waals surface area (Å²) in [6, 6.07) is 7.68. The Morgan fingerprint density at radius 2 is 2.00 bits per heavy atom. The van der Waals surface area contributed by atoms with Crippen LogP contribution in [0.25, 0.3) is 0 Å². The summed E-state index contributed by atoms with van der Waals surface area (Å²) in [5, 5.41) is 6.14. The van der Waals surface area contributed by atoms with E-state index in [9.17, 15) is 4.79 Å². The lowest BCUT2D eigenvalue weighted by Gasteiger charge is -2.13. The minimum Gasteiger partial charge on any atom is -0.385 e. The van der Waals surface area contributed by atoms with Crippen LogP contribution in [0.3, 0.4) is 0 Å². The molecule has 0 radical (unpaired) electrons. The van der Waals surface area contributed by atoms with Crippen LogP contribution in [0.4, 0.5) is 11.4 Å².